The van der Waals surface area contributed by atoms with Gasteiger partial charge in [0.25, 0.3) is 0 Å². The predicted octanol–water partition coefficient (Wildman–Crippen LogP) is 5.56. The summed E-state index contributed by atoms with van der Waals surface area (Å²) in [5, 5.41) is 7.69. The lowest BCUT2D eigenvalue weighted by Gasteiger charge is -2.18. The highest BCUT2D eigenvalue weighted by Crippen LogP contribution is 2.29. The first kappa shape index (κ1) is 24.1. The first-order valence-corrected chi connectivity index (χ1v) is 10.9. The fraction of sp³-hybridized carbons (Fsp3) is 0.240. The Kier molecular flexibility index (Phi) is 7.49. The molecule has 2 aromatic heterocycles. The summed E-state index contributed by atoms with van der Waals surface area (Å²) in [5.41, 5.74) is 1.66. The second-order valence-corrected chi connectivity index (χ2v) is 7.85. The molecule has 0 saturated heterocycles. The van der Waals surface area contributed by atoms with Crippen molar-refractivity contribution in [3.8, 4) is 5.75 Å². The second kappa shape index (κ2) is 10.9. The third-order valence-corrected chi connectivity index (χ3v) is 5.17. The van der Waals surface area contributed by atoms with E-state index in [0.717, 1.165) is 42.2 Å². The van der Waals surface area contributed by atoms with Crippen molar-refractivity contribution in [2.24, 2.45) is 0 Å². The fourth-order valence-corrected chi connectivity index (χ4v) is 3.32. The average molecular weight is 483 g/mol. The van der Waals surface area contributed by atoms with Gasteiger partial charge in [0, 0.05) is 38.0 Å². The van der Waals surface area contributed by atoms with Gasteiger partial charge in [0.1, 0.15) is 12.0 Å². The predicted molar refractivity (Wildman–Crippen MR) is 126 cm³/mol. The maximum atomic E-state index is 12.7. The molecule has 0 fully saturated rings. The Labute approximate surface area is 200 Å². The summed E-state index contributed by atoms with van der Waals surface area (Å²) in [4.78, 5) is 6.45. The van der Waals surface area contributed by atoms with Crippen LogP contribution in [0.4, 0.5) is 18.9 Å². The number of benzene rings is 2. The molecule has 0 amide bonds. The van der Waals surface area contributed by atoms with Gasteiger partial charge in [-0.3, -0.25) is 4.68 Å². The summed E-state index contributed by atoms with van der Waals surface area (Å²) >= 11 is 0. The van der Waals surface area contributed by atoms with Crippen molar-refractivity contribution in [2.45, 2.75) is 25.7 Å². The molecule has 10 heteroatoms. The van der Waals surface area contributed by atoms with E-state index in [1.807, 2.05) is 42.4 Å². The zero-order valence-corrected chi connectivity index (χ0v) is 19.0. The number of nitrogens with zero attached hydrogens (tertiary/aromatic N) is 5. The fourth-order valence-electron chi connectivity index (χ4n) is 3.32. The molecule has 0 atom stereocenters. The lowest BCUT2D eigenvalue weighted by molar-refractivity contribution is -0.137. The van der Waals surface area contributed by atoms with Gasteiger partial charge in [-0.25, -0.2) is 4.98 Å². The summed E-state index contributed by atoms with van der Waals surface area (Å²) in [6.07, 6.45) is 4.79. The van der Waals surface area contributed by atoms with Gasteiger partial charge in [0.2, 0.25) is 5.89 Å². The van der Waals surface area contributed by atoms with Crippen LogP contribution >= 0.6 is 0 Å². The second-order valence-electron chi connectivity index (χ2n) is 7.85. The average Bonchev–Trinajstić information content (AvgIpc) is 3.53. The van der Waals surface area contributed by atoms with Crippen molar-refractivity contribution in [1.29, 1.82) is 0 Å². The van der Waals surface area contributed by atoms with Crippen molar-refractivity contribution in [3.05, 3.63) is 89.9 Å². The van der Waals surface area contributed by atoms with E-state index in [2.05, 4.69) is 15.3 Å². The summed E-state index contributed by atoms with van der Waals surface area (Å²) in [6, 6.07) is 12.7. The van der Waals surface area contributed by atoms with Crippen molar-refractivity contribution >= 4 is 17.8 Å². The van der Waals surface area contributed by atoms with Gasteiger partial charge >= 0.3 is 6.18 Å². The number of halogens is 3. The van der Waals surface area contributed by atoms with E-state index in [1.165, 1.54) is 12.1 Å². The molecule has 2 heterocycles. The molecule has 0 unspecified atom stereocenters. The molecule has 0 bridgehead atoms. The molecule has 0 radical (unpaired) electrons. The van der Waals surface area contributed by atoms with Gasteiger partial charge in [-0.05, 0) is 48.0 Å². The van der Waals surface area contributed by atoms with Crippen molar-refractivity contribution in [2.75, 3.05) is 18.6 Å². The highest BCUT2D eigenvalue weighted by atomic mass is 19.4. The SMILES string of the molecule is CN(Cc1coc(C=Cc2ccc(C(F)(F)F)cc2)n1)c1ccc(OCCCn2ccnn2)cc1. The van der Waals surface area contributed by atoms with Crippen LogP contribution in [0.25, 0.3) is 12.2 Å². The van der Waals surface area contributed by atoms with E-state index in [-0.39, 0.29) is 0 Å². The third-order valence-electron chi connectivity index (χ3n) is 5.17. The largest absolute Gasteiger partial charge is 0.494 e. The van der Waals surface area contributed by atoms with Crippen LogP contribution in [0, 0.1) is 0 Å². The van der Waals surface area contributed by atoms with E-state index in [4.69, 9.17) is 9.15 Å². The van der Waals surface area contributed by atoms with E-state index in [1.54, 1.807) is 29.3 Å². The van der Waals surface area contributed by atoms with E-state index >= 15 is 0 Å². The highest BCUT2D eigenvalue weighted by molar-refractivity contribution is 5.66. The van der Waals surface area contributed by atoms with Gasteiger partial charge < -0.3 is 14.1 Å². The maximum Gasteiger partial charge on any atom is 0.416 e. The number of alkyl halides is 3. The number of aromatic nitrogens is 4. The molecule has 35 heavy (non-hydrogen) atoms. The minimum atomic E-state index is -4.35. The highest BCUT2D eigenvalue weighted by Gasteiger charge is 2.29. The lowest BCUT2D eigenvalue weighted by atomic mass is 10.1. The molecule has 182 valence electrons. The molecule has 7 nitrogen and oxygen atoms in total. The molecule has 0 aliphatic rings. The maximum absolute atomic E-state index is 12.7. The lowest BCUT2D eigenvalue weighted by Crippen LogP contribution is -2.16. The van der Waals surface area contributed by atoms with Crippen LogP contribution < -0.4 is 9.64 Å². The molecule has 0 aliphatic carbocycles. The van der Waals surface area contributed by atoms with Crippen molar-refractivity contribution < 1.29 is 22.3 Å². The van der Waals surface area contributed by atoms with Crippen LogP contribution in [0.1, 0.15) is 29.1 Å². The van der Waals surface area contributed by atoms with Gasteiger partial charge in [-0.2, -0.15) is 13.2 Å². The Hall–Kier alpha value is -4.08. The Morgan fingerprint density at radius 2 is 1.83 bits per heavy atom. The van der Waals surface area contributed by atoms with Gasteiger partial charge in [0.15, 0.2) is 0 Å². The molecule has 0 saturated carbocycles. The topological polar surface area (TPSA) is 69.2 Å². The molecular weight excluding hydrogens is 459 g/mol. The zero-order valence-electron chi connectivity index (χ0n) is 19.0. The standard InChI is InChI=1S/C25H24F3N5O2/c1-32(22-8-10-23(11-9-22)34-16-2-14-33-15-13-29-31-33)17-21-18-35-24(30-21)12-5-19-3-6-20(7-4-19)25(26,27)28/h3-13,15,18H,2,14,16-17H2,1H3. The minimum Gasteiger partial charge on any atom is -0.494 e. The number of oxazole rings is 1. The molecular formula is C25H24F3N5O2. The van der Waals surface area contributed by atoms with Crippen LogP contribution in [0.3, 0.4) is 0 Å². The number of anilines is 1. The monoisotopic (exact) mass is 483 g/mol. The number of hydrogen-bond donors (Lipinski definition) is 0. The number of aryl methyl sites for hydroxylation is 1. The normalized spacial score (nSPS) is 11.8. The molecule has 4 aromatic rings. The van der Waals surface area contributed by atoms with Crippen molar-refractivity contribution in [1.82, 2.24) is 20.0 Å². The van der Waals surface area contributed by atoms with Crippen LogP contribution in [0.2, 0.25) is 0 Å². The molecule has 0 aliphatic heterocycles. The van der Waals surface area contributed by atoms with Gasteiger partial charge in [-0.1, -0.05) is 17.3 Å². The minimum absolute atomic E-state index is 0.378. The number of rotatable bonds is 10. The Bertz CT molecular complexity index is 1220. The van der Waals surface area contributed by atoms with Crippen LogP contribution in [0.5, 0.6) is 5.75 Å². The van der Waals surface area contributed by atoms with E-state index in [9.17, 15) is 13.2 Å². The summed E-state index contributed by atoms with van der Waals surface area (Å²) in [6.45, 7) is 1.85. The molecule has 2 aromatic carbocycles. The van der Waals surface area contributed by atoms with Gasteiger partial charge in [0.05, 0.1) is 30.6 Å². The van der Waals surface area contributed by atoms with E-state index < -0.39 is 11.7 Å². The van der Waals surface area contributed by atoms with E-state index in [0.29, 0.717) is 24.6 Å². The third kappa shape index (κ3) is 6.95. The first-order valence-electron chi connectivity index (χ1n) is 10.9. The molecule has 0 spiro atoms. The summed E-state index contributed by atoms with van der Waals surface area (Å²) in [5.74, 6) is 1.17. The molecule has 4 rings (SSSR count). The first-order chi connectivity index (χ1) is 16.9. The number of ether oxygens (including phenoxy) is 1. The molecule has 0 N–H and O–H groups in total. The zero-order chi connectivity index (χ0) is 24.7. The quantitative estimate of drug-likeness (QED) is 0.275. The smallest absolute Gasteiger partial charge is 0.416 e. The van der Waals surface area contributed by atoms with Crippen LogP contribution in [-0.4, -0.2) is 33.6 Å². The Balaban J connectivity index is 1.25. The summed E-state index contributed by atoms with van der Waals surface area (Å²) < 4.78 is 51.0. The van der Waals surface area contributed by atoms with Crippen LogP contribution in [-0.2, 0) is 19.3 Å². The van der Waals surface area contributed by atoms with Gasteiger partial charge in [-0.15, -0.1) is 5.10 Å². The van der Waals surface area contributed by atoms with Crippen molar-refractivity contribution in [3.63, 3.8) is 0 Å². The van der Waals surface area contributed by atoms with Crippen LogP contribution in [0.15, 0.2) is 71.6 Å². The Morgan fingerprint density at radius 1 is 1.06 bits per heavy atom. The number of hydrogen-bond acceptors (Lipinski definition) is 6. The summed E-state index contributed by atoms with van der Waals surface area (Å²) in [7, 11) is 1.94. The Morgan fingerprint density at radius 3 is 2.51 bits per heavy atom.